The van der Waals surface area contributed by atoms with Crippen molar-refractivity contribution in [1.82, 2.24) is 40.7 Å². The molecule has 3 heterocycles. The number of esters is 1. The number of hydrogen-bond acceptors (Lipinski definition) is 8. The first-order valence-electron chi connectivity index (χ1n) is 15.5. The van der Waals surface area contributed by atoms with E-state index in [2.05, 4.69) is 38.0 Å². The van der Waals surface area contributed by atoms with Gasteiger partial charge < -0.3 is 10.1 Å². The van der Waals surface area contributed by atoms with Gasteiger partial charge in [0.2, 0.25) is 0 Å². The van der Waals surface area contributed by atoms with Gasteiger partial charge in [-0.3, -0.25) is 19.3 Å². The monoisotopic (exact) mass is 640 g/mol. The molecule has 5 rings (SSSR count). The number of hydrogen-bond donors (Lipinski definition) is 2. The Bertz CT molecular complexity index is 1740. The Labute approximate surface area is 272 Å². The molecule has 0 saturated heterocycles. The van der Waals surface area contributed by atoms with Gasteiger partial charge in [-0.2, -0.15) is 5.10 Å². The molecule has 0 aliphatic carbocycles. The number of ether oxygens (including phenoxy) is 1. The van der Waals surface area contributed by atoms with Gasteiger partial charge in [-0.05, 0) is 59.0 Å². The Morgan fingerprint density at radius 1 is 1.02 bits per heavy atom. The van der Waals surface area contributed by atoms with Gasteiger partial charge in [0.1, 0.15) is 5.69 Å². The van der Waals surface area contributed by atoms with Gasteiger partial charge >= 0.3 is 5.97 Å². The molecule has 0 aliphatic heterocycles. The molecule has 0 spiro atoms. The lowest BCUT2D eigenvalue weighted by atomic mass is 10.0. The number of aromatic nitrogens is 7. The number of aromatic amines is 1. The Morgan fingerprint density at radius 3 is 2.54 bits per heavy atom. The SMILES string of the molecule is CCCCOC(=O)CC(Cc1ccccc1Cl)NC(=O)c1cc(CCC)n(Cc2ccc(-c3ccccc3-c3nnn[nH]3)nc2)n1. The van der Waals surface area contributed by atoms with Crippen LogP contribution in [0.4, 0.5) is 0 Å². The molecular formula is C34H37ClN8O3. The first-order valence-corrected chi connectivity index (χ1v) is 15.9. The summed E-state index contributed by atoms with van der Waals surface area (Å²) in [6, 6.07) is 20.4. The van der Waals surface area contributed by atoms with Crippen molar-refractivity contribution in [3.8, 4) is 22.6 Å². The number of H-pyrrole nitrogens is 1. The van der Waals surface area contributed by atoms with Crippen LogP contribution >= 0.6 is 11.6 Å². The second-order valence-corrected chi connectivity index (χ2v) is 11.4. The Morgan fingerprint density at radius 2 is 1.83 bits per heavy atom. The van der Waals surface area contributed by atoms with E-state index in [1.54, 1.807) is 6.07 Å². The van der Waals surface area contributed by atoms with Gasteiger partial charge in [0.25, 0.3) is 5.91 Å². The topological polar surface area (TPSA) is 141 Å². The second-order valence-electron chi connectivity index (χ2n) is 11.0. The van der Waals surface area contributed by atoms with Crippen LogP contribution in [0.5, 0.6) is 0 Å². The van der Waals surface area contributed by atoms with Gasteiger partial charge in [-0.15, -0.1) is 5.10 Å². The summed E-state index contributed by atoms with van der Waals surface area (Å²) in [6.45, 7) is 4.91. The maximum Gasteiger partial charge on any atom is 0.307 e. The van der Waals surface area contributed by atoms with E-state index in [1.165, 1.54) is 0 Å². The number of pyridine rings is 1. The average Bonchev–Trinajstić information content (AvgIpc) is 3.74. The summed E-state index contributed by atoms with van der Waals surface area (Å²) in [4.78, 5) is 30.9. The molecule has 1 amide bonds. The number of nitrogens with zero attached hydrogens (tertiary/aromatic N) is 6. The molecule has 0 bridgehead atoms. The largest absolute Gasteiger partial charge is 0.466 e. The molecule has 3 aromatic heterocycles. The van der Waals surface area contributed by atoms with Crippen molar-refractivity contribution in [1.29, 1.82) is 0 Å². The highest BCUT2D eigenvalue weighted by Gasteiger charge is 2.22. The van der Waals surface area contributed by atoms with Crippen LogP contribution in [-0.2, 0) is 28.9 Å². The van der Waals surface area contributed by atoms with Crippen LogP contribution in [0.25, 0.3) is 22.6 Å². The second kappa shape index (κ2) is 15.9. The number of carbonyl (C=O) groups is 2. The van der Waals surface area contributed by atoms with Gasteiger partial charge in [-0.1, -0.05) is 86.8 Å². The lowest BCUT2D eigenvalue weighted by molar-refractivity contribution is -0.144. The number of amides is 1. The predicted octanol–water partition coefficient (Wildman–Crippen LogP) is 5.85. The molecule has 1 unspecified atom stereocenters. The molecule has 11 nitrogen and oxygen atoms in total. The molecule has 2 aromatic carbocycles. The minimum atomic E-state index is -0.520. The summed E-state index contributed by atoms with van der Waals surface area (Å²) >= 11 is 6.41. The minimum absolute atomic E-state index is 0.0251. The fourth-order valence-corrected chi connectivity index (χ4v) is 5.36. The summed E-state index contributed by atoms with van der Waals surface area (Å²) in [5.41, 5.74) is 5.52. The first-order chi connectivity index (χ1) is 22.4. The standard InChI is InChI=1S/C34H37ClN8O3/c1-3-5-17-46-32(44)19-25(18-24-11-6-9-14-29(24)35)37-34(45)31-20-26(10-4-2)43(40-31)22-23-15-16-30(36-21-23)27-12-7-8-13-28(27)33-38-41-42-39-33/h6-9,11-16,20-21,25H,3-5,10,17-19,22H2,1-2H3,(H,37,45)(H,38,39,41,42). The van der Waals surface area contributed by atoms with E-state index in [-0.39, 0.29) is 24.0 Å². The summed E-state index contributed by atoms with van der Waals surface area (Å²) in [7, 11) is 0. The van der Waals surface area contributed by atoms with E-state index in [4.69, 9.17) is 21.3 Å². The maximum absolute atomic E-state index is 13.5. The predicted molar refractivity (Wildman–Crippen MR) is 175 cm³/mol. The number of carbonyl (C=O) groups excluding carboxylic acids is 2. The van der Waals surface area contributed by atoms with Crippen molar-refractivity contribution >= 4 is 23.5 Å². The third-order valence-electron chi connectivity index (χ3n) is 7.50. The molecule has 0 saturated carbocycles. The van der Waals surface area contributed by atoms with Gasteiger partial charge in [0.05, 0.1) is 25.3 Å². The lowest BCUT2D eigenvalue weighted by Crippen LogP contribution is -2.38. The molecule has 0 radical (unpaired) electrons. The average molecular weight is 641 g/mol. The highest BCUT2D eigenvalue weighted by molar-refractivity contribution is 6.31. The third kappa shape index (κ3) is 8.42. The summed E-state index contributed by atoms with van der Waals surface area (Å²) < 4.78 is 7.23. The molecule has 12 heteroatoms. The maximum atomic E-state index is 13.5. The van der Waals surface area contributed by atoms with Gasteiger partial charge in [0, 0.05) is 34.1 Å². The molecular weight excluding hydrogens is 604 g/mol. The summed E-state index contributed by atoms with van der Waals surface area (Å²) in [5.74, 6) is -0.156. The highest BCUT2D eigenvalue weighted by atomic mass is 35.5. The van der Waals surface area contributed by atoms with E-state index in [0.717, 1.165) is 59.3 Å². The lowest BCUT2D eigenvalue weighted by Gasteiger charge is -2.18. The Kier molecular flexibility index (Phi) is 11.2. The quantitative estimate of drug-likeness (QED) is 0.107. The fraction of sp³-hybridized carbons (Fsp3) is 0.324. The first kappa shape index (κ1) is 32.5. The molecule has 46 heavy (non-hydrogen) atoms. The van der Waals surface area contributed by atoms with Crippen molar-refractivity contribution in [2.24, 2.45) is 0 Å². The minimum Gasteiger partial charge on any atom is -0.466 e. The van der Waals surface area contributed by atoms with E-state index in [0.29, 0.717) is 30.4 Å². The number of unbranched alkanes of at least 4 members (excludes halogenated alkanes) is 1. The number of aryl methyl sites for hydroxylation is 1. The van der Waals surface area contributed by atoms with E-state index < -0.39 is 6.04 Å². The van der Waals surface area contributed by atoms with Gasteiger partial charge in [0.15, 0.2) is 5.82 Å². The number of benzene rings is 2. The van der Waals surface area contributed by atoms with Gasteiger partial charge in [-0.25, -0.2) is 5.10 Å². The van der Waals surface area contributed by atoms with Crippen LogP contribution in [-0.4, -0.2) is 59.9 Å². The number of tetrazole rings is 1. The smallest absolute Gasteiger partial charge is 0.307 e. The number of rotatable bonds is 15. The van der Waals surface area contributed by atoms with Crippen LogP contribution < -0.4 is 5.32 Å². The summed E-state index contributed by atoms with van der Waals surface area (Å²) in [5, 5.41) is 22.5. The van der Waals surface area contributed by atoms with E-state index in [9.17, 15) is 9.59 Å². The number of nitrogens with one attached hydrogen (secondary N) is 2. The zero-order valence-electron chi connectivity index (χ0n) is 25.9. The van der Waals surface area contributed by atoms with Crippen molar-refractivity contribution < 1.29 is 14.3 Å². The number of halogens is 1. The molecule has 238 valence electrons. The highest BCUT2D eigenvalue weighted by Crippen LogP contribution is 2.28. The van der Waals surface area contributed by atoms with Crippen molar-refractivity contribution in [2.45, 2.75) is 65.0 Å². The van der Waals surface area contributed by atoms with Crippen LogP contribution in [0.3, 0.4) is 0 Å². The van der Waals surface area contributed by atoms with E-state index >= 15 is 0 Å². The van der Waals surface area contributed by atoms with Crippen LogP contribution in [0.2, 0.25) is 5.02 Å². The van der Waals surface area contributed by atoms with Crippen molar-refractivity contribution in [2.75, 3.05) is 6.61 Å². The van der Waals surface area contributed by atoms with Crippen LogP contribution in [0.15, 0.2) is 72.9 Å². The molecule has 1 atom stereocenters. The zero-order chi connectivity index (χ0) is 32.3. The van der Waals surface area contributed by atoms with Crippen LogP contribution in [0.1, 0.15) is 66.8 Å². The van der Waals surface area contributed by atoms with Crippen LogP contribution in [0, 0.1) is 0 Å². The van der Waals surface area contributed by atoms with Crippen molar-refractivity contribution in [3.05, 3.63) is 100 Å². The molecule has 0 aliphatic rings. The van der Waals surface area contributed by atoms with Crippen molar-refractivity contribution in [3.63, 3.8) is 0 Å². The molecule has 2 N–H and O–H groups in total. The zero-order valence-corrected chi connectivity index (χ0v) is 26.7. The third-order valence-corrected chi connectivity index (χ3v) is 7.86. The summed E-state index contributed by atoms with van der Waals surface area (Å²) in [6.07, 6.45) is 5.56. The Hall–Kier alpha value is -4.90. The fourth-order valence-electron chi connectivity index (χ4n) is 5.15. The Balaban J connectivity index is 1.32. The molecule has 0 fully saturated rings. The molecule has 5 aromatic rings. The normalized spacial score (nSPS) is 11.7. The van der Waals surface area contributed by atoms with E-state index in [1.807, 2.05) is 78.5 Å².